The van der Waals surface area contributed by atoms with Crippen LogP contribution in [0.5, 0.6) is 0 Å². The van der Waals surface area contributed by atoms with E-state index in [1.165, 1.54) is 24.5 Å². The number of nitrogens with zero attached hydrogens (tertiary/aromatic N) is 1. The Morgan fingerprint density at radius 3 is 2.83 bits per heavy atom. The molecule has 0 unspecified atom stereocenters. The van der Waals surface area contributed by atoms with Gasteiger partial charge in [0.2, 0.25) is 0 Å². The van der Waals surface area contributed by atoms with Crippen molar-refractivity contribution in [1.29, 1.82) is 0 Å². The molecule has 0 aliphatic heterocycles. The van der Waals surface area contributed by atoms with Crippen molar-refractivity contribution in [3.8, 4) is 0 Å². The van der Waals surface area contributed by atoms with Gasteiger partial charge in [-0.1, -0.05) is 0 Å². The van der Waals surface area contributed by atoms with Crippen molar-refractivity contribution >= 4 is 58.9 Å². The number of carboxylic acids is 1. The van der Waals surface area contributed by atoms with E-state index in [4.69, 9.17) is 5.11 Å². The molecular weight excluding hydrogens is 481 g/mol. The molecule has 2 rings (SSSR count). The Morgan fingerprint density at radius 1 is 1.35 bits per heavy atom. The van der Waals surface area contributed by atoms with Gasteiger partial charge in [0.25, 0.3) is 0 Å². The number of pyridine rings is 1. The summed E-state index contributed by atoms with van der Waals surface area (Å²) in [6.07, 6.45) is 2.94. The summed E-state index contributed by atoms with van der Waals surface area (Å²) < 4.78 is 15.9. The van der Waals surface area contributed by atoms with Gasteiger partial charge in [0.1, 0.15) is 0 Å². The fourth-order valence-corrected chi connectivity index (χ4v) is 4.14. The summed E-state index contributed by atoms with van der Waals surface area (Å²) in [5.41, 5.74) is 2.33. The number of carbonyl (C=O) groups excluding carboxylic acids is 1. The number of benzene rings is 1. The van der Waals surface area contributed by atoms with Crippen molar-refractivity contribution in [2.24, 2.45) is 0 Å². The van der Waals surface area contributed by atoms with E-state index in [0.29, 0.717) is 8.70 Å². The average Bonchev–Trinajstić information content (AvgIpc) is 2.50. The van der Waals surface area contributed by atoms with Gasteiger partial charge in [-0.3, -0.25) is 0 Å². The standard InChI is InChI=1S/C14H10AsFIN2O4/c16-12-5-8(17)1-2-10(12)15-11-6-18-4-3-9(11)14(22)19-23-7-13(20)21/h1-6H,7H2,(H,19,22)(H,20,21). The Balaban J connectivity index is 2.16. The fourth-order valence-electron chi connectivity index (χ4n) is 1.59. The minimum absolute atomic E-state index is 0.281. The second kappa shape index (κ2) is 8.37. The Hall–Kier alpha value is -1.51. The predicted molar refractivity (Wildman–Crippen MR) is 89.4 cm³/mol. The molecule has 0 atom stereocenters. The van der Waals surface area contributed by atoms with Crippen LogP contribution in [0, 0.1) is 9.39 Å². The van der Waals surface area contributed by atoms with Crippen molar-refractivity contribution in [3.63, 3.8) is 0 Å². The number of carbonyl (C=O) groups is 2. The maximum atomic E-state index is 14.0. The molecule has 0 saturated heterocycles. The topological polar surface area (TPSA) is 88.5 Å². The van der Waals surface area contributed by atoms with Crippen molar-refractivity contribution < 1.29 is 23.9 Å². The second-order valence-electron chi connectivity index (χ2n) is 4.21. The minimum atomic E-state index is -1.20. The Morgan fingerprint density at radius 2 is 2.13 bits per heavy atom. The number of hydrogen-bond donors (Lipinski definition) is 2. The van der Waals surface area contributed by atoms with Gasteiger partial charge >= 0.3 is 152 Å². The van der Waals surface area contributed by atoms with Gasteiger partial charge in [0.05, 0.1) is 0 Å². The van der Waals surface area contributed by atoms with Gasteiger partial charge in [-0.05, 0) is 0 Å². The summed E-state index contributed by atoms with van der Waals surface area (Å²) in [5, 5.41) is 8.48. The van der Waals surface area contributed by atoms with Crippen LogP contribution in [0.4, 0.5) is 4.39 Å². The summed E-state index contributed by atoms with van der Waals surface area (Å²) in [7, 11) is 0. The number of hydroxylamine groups is 1. The molecule has 0 spiro atoms. The molecular formula is C14H10AsFIN2O4. The zero-order valence-electron chi connectivity index (χ0n) is 11.5. The van der Waals surface area contributed by atoms with E-state index in [1.807, 2.05) is 22.6 Å². The van der Waals surface area contributed by atoms with Crippen molar-refractivity contribution in [3.05, 3.63) is 51.6 Å². The number of nitrogens with one attached hydrogen (secondary N) is 1. The molecule has 2 N–H and O–H groups in total. The number of rotatable bonds is 6. The van der Waals surface area contributed by atoms with Gasteiger partial charge in [0.15, 0.2) is 0 Å². The van der Waals surface area contributed by atoms with Crippen molar-refractivity contribution in [2.45, 2.75) is 0 Å². The van der Waals surface area contributed by atoms with Crippen LogP contribution in [0.15, 0.2) is 36.7 Å². The van der Waals surface area contributed by atoms with Crippen molar-refractivity contribution in [1.82, 2.24) is 10.5 Å². The number of hydrogen-bond acceptors (Lipinski definition) is 4. The zero-order valence-corrected chi connectivity index (χ0v) is 15.5. The van der Waals surface area contributed by atoms with E-state index >= 15 is 0 Å². The van der Waals surface area contributed by atoms with E-state index in [9.17, 15) is 14.0 Å². The van der Waals surface area contributed by atoms with Crippen LogP contribution < -0.4 is 14.2 Å². The molecule has 2 aromatic rings. The number of carboxylic acid groups (broad SMARTS) is 1. The number of aliphatic carboxylic acids is 1. The third-order valence-corrected chi connectivity index (χ3v) is 5.75. The van der Waals surface area contributed by atoms with Crippen LogP contribution in [-0.4, -0.2) is 44.3 Å². The van der Waals surface area contributed by atoms with Gasteiger partial charge in [-0.15, -0.1) is 0 Å². The van der Waals surface area contributed by atoms with E-state index in [1.54, 1.807) is 12.1 Å². The predicted octanol–water partition coefficient (Wildman–Crippen LogP) is 0.226. The van der Waals surface area contributed by atoms with Gasteiger partial charge < -0.3 is 0 Å². The average molecular weight is 491 g/mol. The molecule has 1 aromatic carbocycles. The first-order valence-corrected chi connectivity index (χ1v) is 9.17. The number of amides is 1. The van der Waals surface area contributed by atoms with Crippen LogP contribution in [0.3, 0.4) is 0 Å². The van der Waals surface area contributed by atoms with Crippen molar-refractivity contribution in [2.75, 3.05) is 6.61 Å². The molecule has 23 heavy (non-hydrogen) atoms. The van der Waals surface area contributed by atoms with E-state index in [2.05, 4.69) is 15.3 Å². The quantitative estimate of drug-likeness (QED) is 0.344. The number of halogens is 2. The summed E-state index contributed by atoms with van der Waals surface area (Å²) in [5.74, 6) is -2.12. The van der Waals surface area contributed by atoms with Gasteiger partial charge in [0, 0.05) is 0 Å². The first kappa shape index (κ1) is 17.8. The van der Waals surface area contributed by atoms with E-state index in [0.717, 1.165) is 3.57 Å². The molecule has 119 valence electrons. The molecule has 9 heteroatoms. The van der Waals surface area contributed by atoms with Crippen LogP contribution in [0.2, 0.25) is 0 Å². The Bertz CT molecular complexity index is 744. The molecule has 0 aliphatic carbocycles. The SMILES string of the molecule is O=C(O)CONC(=O)c1ccncc1[As]c1ccc(I)cc1F. The van der Waals surface area contributed by atoms with E-state index < -0.39 is 34.2 Å². The summed E-state index contributed by atoms with van der Waals surface area (Å²) >= 11 is 1.23. The Kier molecular flexibility index (Phi) is 6.49. The monoisotopic (exact) mass is 491 g/mol. The second-order valence-corrected chi connectivity index (χ2v) is 7.95. The first-order chi connectivity index (χ1) is 11.0. The summed E-state index contributed by atoms with van der Waals surface area (Å²) in [4.78, 5) is 30.9. The molecule has 1 radical (unpaired) electrons. The molecule has 0 bridgehead atoms. The van der Waals surface area contributed by atoms with Gasteiger partial charge in [-0.25, -0.2) is 0 Å². The van der Waals surface area contributed by atoms with Crippen LogP contribution in [-0.2, 0) is 9.63 Å². The zero-order chi connectivity index (χ0) is 16.8. The van der Waals surface area contributed by atoms with Crippen LogP contribution in [0.1, 0.15) is 10.4 Å². The molecule has 6 nitrogen and oxygen atoms in total. The summed E-state index contributed by atoms with van der Waals surface area (Å²) in [6.45, 7) is -0.647. The molecule has 0 fully saturated rings. The molecule has 1 heterocycles. The molecule has 1 aromatic heterocycles. The van der Waals surface area contributed by atoms with E-state index in [-0.39, 0.29) is 11.4 Å². The third kappa shape index (κ3) is 5.26. The first-order valence-electron chi connectivity index (χ1n) is 6.22. The summed E-state index contributed by atoms with van der Waals surface area (Å²) in [6, 6.07) is 6.39. The molecule has 1 amide bonds. The molecule has 0 aliphatic rings. The maximum absolute atomic E-state index is 14.0. The fraction of sp³-hybridized carbons (Fsp3) is 0.0714. The normalized spacial score (nSPS) is 10.9. The Labute approximate surface area is 151 Å². The van der Waals surface area contributed by atoms with Gasteiger partial charge in [-0.2, -0.15) is 0 Å². The molecule has 0 saturated carbocycles. The van der Waals surface area contributed by atoms with Crippen LogP contribution in [0.25, 0.3) is 0 Å². The number of aromatic nitrogens is 1. The third-order valence-electron chi connectivity index (χ3n) is 2.56. The van der Waals surface area contributed by atoms with Crippen LogP contribution >= 0.6 is 22.6 Å².